The average molecular weight is 337 g/mol. The van der Waals surface area contributed by atoms with Gasteiger partial charge in [0.1, 0.15) is 0 Å². The van der Waals surface area contributed by atoms with Crippen molar-refractivity contribution in [3.8, 4) is 0 Å². The number of ketones is 1. The molecule has 1 aromatic rings. The summed E-state index contributed by atoms with van der Waals surface area (Å²) in [6.45, 7) is 2.80. The van der Waals surface area contributed by atoms with E-state index in [9.17, 15) is 9.59 Å². The van der Waals surface area contributed by atoms with Gasteiger partial charge in [0, 0.05) is 42.1 Å². The van der Waals surface area contributed by atoms with Crippen LogP contribution in [0.25, 0.3) is 0 Å². The first-order valence-electron chi connectivity index (χ1n) is 6.94. The quantitative estimate of drug-likeness (QED) is 0.792. The van der Waals surface area contributed by atoms with Gasteiger partial charge in [-0.2, -0.15) is 0 Å². The molecular formula is C15H17BrN2O2. The first-order chi connectivity index (χ1) is 9.65. The molecule has 2 saturated heterocycles. The number of rotatable bonds is 3. The van der Waals surface area contributed by atoms with Gasteiger partial charge in [-0.05, 0) is 12.5 Å². The van der Waals surface area contributed by atoms with E-state index in [1.54, 1.807) is 0 Å². The Hall–Kier alpha value is -1.20. The maximum atomic E-state index is 12.3. The molecule has 2 aliphatic heterocycles. The number of piperazine rings is 1. The zero-order valence-electron chi connectivity index (χ0n) is 11.2. The molecule has 0 radical (unpaired) electrons. The van der Waals surface area contributed by atoms with E-state index >= 15 is 0 Å². The highest BCUT2D eigenvalue weighted by atomic mass is 79.9. The molecule has 5 heteroatoms. The first-order valence-corrected chi connectivity index (χ1v) is 7.74. The summed E-state index contributed by atoms with van der Waals surface area (Å²) in [5.41, 5.74) is 0.734. The number of hydrogen-bond acceptors (Lipinski definition) is 3. The molecule has 0 saturated carbocycles. The van der Waals surface area contributed by atoms with Crippen LogP contribution in [-0.4, -0.2) is 53.7 Å². The van der Waals surface area contributed by atoms with E-state index in [0.717, 1.165) is 36.1 Å². The van der Waals surface area contributed by atoms with Crippen LogP contribution in [0.5, 0.6) is 0 Å². The standard InChI is InChI=1S/C15H17BrN2O2/c16-13-4-2-1-3-12(13)14(19)10-17-7-8-18-11(9-17)5-6-15(18)20/h1-4,11H,5-10H2. The Bertz CT molecular complexity index is 546. The summed E-state index contributed by atoms with van der Waals surface area (Å²) in [7, 11) is 0. The highest BCUT2D eigenvalue weighted by molar-refractivity contribution is 9.10. The molecule has 0 N–H and O–H groups in total. The van der Waals surface area contributed by atoms with Crippen molar-refractivity contribution in [2.45, 2.75) is 18.9 Å². The molecule has 3 rings (SSSR count). The highest BCUT2D eigenvalue weighted by Gasteiger charge is 2.35. The number of hydrogen-bond donors (Lipinski definition) is 0. The van der Waals surface area contributed by atoms with Gasteiger partial charge >= 0.3 is 0 Å². The topological polar surface area (TPSA) is 40.6 Å². The fourth-order valence-electron chi connectivity index (χ4n) is 3.05. The van der Waals surface area contributed by atoms with Crippen molar-refractivity contribution in [2.75, 3.05) is 26.2 Å². The van der Waals surface area contributed by atoms with Crippen LogP contribution in [0.1, 0.15) is 23.2 Å². The molecule has 0 aromatic heterocycles. The Morgan fingerprint density at radius 2 is 2.10 bits per heavy atom. The molecule has 4 nitrogen and oxygen atoms in total. The van der Waals surface area contributed by atoms with E-state index in [0.29, 0.717) is 19.0 Å². The van der Waals surface area contributed by atoms with Crippen molar-refractivity contribution in [1.29, 1.82) is 0 Å². The summed E-state index contributed by atoms with van der Waals surface area (Å²) in [5, 5.41) is 0. The third-order valence-corrected chi connectivity index (χ3v) is 4.81. The first kappa shape index (κ1) is 13.8. The number of Topliss-reactive ketones (excluding diaryl/α,β-unsaturated/α-hetero) is 1. The van der Waals surface area contributed by atoms with Crippen molar-refractivity contribution < 1.29 is 9.59 Å². The molecule has 2 aliphatic rings. The maximum absolute atomic E-state index is 12.3. The SMILES string of the molecule is O=C(CN1CCN2C(=O)CCC2C1)c1ccccc1Br. The zero-order chi connectivity index (χ0) is 14.1. The largest absolute Gasteiger partial charge is 0.337 e. The minimum atomic E-state index is 0.134. The van der Waals surface area contributed by atoms with E-state index in [2.05, 4.69) is 20.8 Å². The minimum absolute atomic E-state index is 0.134. The van der Waals surface area contributed by atoms with E-state index < -0.39 is 0 Å². The third-order valence-electron chi connectivity index (χ3n) is 4.12. The monoisotopic (exact) mass is 336 g/mol. The summed E-state index contributed by atoms with van der Waals surface area (Å²) >= 11 is 3.42. The number of nitrogens with zero attached hydrogens (tertiary/aromatic N) is 2. The van der Waals surface area contributed by atoms with Crippen LogP contribution in [0.3, 0.4) is 0 Å². The summed E-state index contributed by atoms with van der Waals surface area (Å²) in [6, 6.07) is 7.83. The molecule has 106 valence electrons. The fraction of sp³-hybridized carbons (Fsp3) is 0.467. The zero-order valence-corrected chi connectivity index (χ0v) is 12.8. The molecule has 1 atom stereocenters. The predicted molar refractivity (Wildman–Crippen MR) is 79.6 cm³/mol. The van der Waals surface area contributed by atoms with Gasteiger partial charge in [0.05, 0.1) is 6.54 Å². The lowest BCUT2D eigenvalue weighted by molar-refractivity contribution is -0.130. The molecule has 2 fully saturated rings. The van der Waals surface area contributed by atoms with Crippen molar-refractivity contribution in [1.82, 2.24) is 9.80 Å². The number of amides is 1. The van der Waals surface area contributed by atoms with Gasteiger partial charge in [-0.3, -0.25) is 14.5 Å². The number of carbonyl (C=O) groups is 2. The molecule has 20 heavy (non-hydrogen) atoms. The van der Waals surface area contributed by atoms with E-state index in [-0.39, 0.29) is 11.7 Å². The van der Waals surface area contributed by atoms with Crippen LogP contribution in [0, 0.1) is 0 Å². The maximum Gasteiger partial charge on any atom is 0.222 e. The normalized spacial score (nSPS) is 22.9. The van der Waals surface area contributed by atoms with E-state index in [1.807, 2.05) is 29.2 Å². The van der Waals surface area contributed by atoms with Gasteiger partial charge in [0.2, 0.25) is 5.91 Å². The van der Waals surface area contributed by atoms with Crippen molar-refractivity contribution in [2.24, 2.45) is 0 Å². The Labute approximate surface area is 126 Å². The summed E-state index contributed by atoms with van der Waals surface area (Å²) < 4.78 is 0.847. The summed E-state index contributed by atoms with van der Waals surface area (Å²) in [4.78, 5) is 28.1. The van der Waals surface area contributed by atoms with Crippen LogP contribution < -0.4 is 0 Å². The van der Waals surface area contributed by atoms with Crippen molar-refractivity contribution in [3.05, 3.63) is 34.3 Å². The van der Waals surface area contributed by atoms with Gasteiger partial charge in [0.25, 0.3) is 0 Å². The Kier molecular flexibility index (Phi) is 3.89. The lowest BCUT2D eigenvalue weighted by Gasteiger charge is -2.37. The van der Waals surface area contributed by atoms with E-state index in [4.69, 9.17) is 0 Å². The van der Waals surface area contributed by atoms with Gasteiger partial charge in [-0.15, -0.1) is 0 Å². The fourth-order valence-corrected chi connectivity index (χ4v) is 3.55. The minimum Gasteiger partial charge on any atom is -0.337 e. The molecule has 1 unspecified atom stereocenters. The summed E-state index contributed by atoms with van der Waals surface area (Å²) in [6.07, 6.45) is 1.59. The van der Waals surface area contributed by atoms with Crippen LogP contribution in [-0.2, 0) is 4.79 Å². The molecule has 1 aromatic carbocycles. The van der Waals surface area contributed by atoms with Crippen LogP contribution in [0.2, 0.25) is 0 Å². The number of carbonyl (C=O) groups excluding carboxylic acids is 2. The highest BCUT2D eigenvalue weighted by Crippen LogP contribution is 2.23. The second-order valence-electron chi connectivity index (χ2n) is 5.42. The lowest BCUT2D eigenvalue weighted by Crippen LogP contribution is -2.52. The summed E-state index contributed by atoms with van der Waals surface area (Å²) in [5.74, 6) is 0.405. The van der Waals surface area contributed by atoms with Crippen molar-refractivity contribution >= 4 is 27.6 Å². The molecule has 0 bridgehead atoms. The van der Waals surface area contributed by atoms with Gasteiger partial charge in [-0.1, -0.05) is 34.1 Å². The van der Waals surface area contributed by atoms with Gasteiger partial charge < -0.3 is 4.90 Å². The predicted octanol–water partition coefficient (Wildman–Crippen LogP) is 1.94. The second-order valence-corrected chi connectivity index (χ2v) is 6.27. The molecule has 2 heterocycles. The molecule has 1 amide bonds. The Morgan fingerprint density at radius 1 is 1.30 bits per heavy atom. The smallest absolute Gasteiger partial charge is 0.222 e. The van der Waals surface area contributed by atoms with Gasteiger partial charge in [-0.25, -0.2) is 0 Å². The molecule has 0 aliphatic carbocycles. The van der Waals surface area contributed by atoms with Crippen LogP contribution in [0.15, 0.2) is 28.7 Å². The number of benzene rings is 1. The van der Waals surface area contributed by atoms with Crippen molar-refractivity contribution in [3.63, 3.8) is 0 Å². The Balaban J connectivity index is 1.63. The number of fused-ring (bicyclic) bond motifs is 1. The average Bonchev–Trinajstić information content (AvgIpc) is 2.80. The molecule has 0 spiro atoms. The van der Waals surface area contributed by atoms with Gasteiger partial charge in [0.15, 0.2) is 5.78 Å². The Morgan fingerprint density at radius 3 is 2.90 bits per heavy atom. The second kappa shape index (κ2) is 5.66. The molecular weight excluding hydrogens is 320 g/mol. The number of halogens is 1. The van der Waals surface area contributed by atoms with E-state index in [1.165, 1.54) is 0 Å². The third kappa shape index (κ3) is 2.65. The van der Waals surface area contributed by atoms with Crippen LogP contribution >= 0.6 is 15.9 Å². The van der Waals surface area contributed by atoms with Crippen LogP contribution in [0.4, 0.5) is 0 Å². The lowest BCUT2D eigenvalue weighted by atomic mass is 10.1.